The summed E-state index contributed by atoms with van der Waals surface area (Å²) >= 11 is 0. The zero-order chi connectivity index (χ0) is 8.53. The normalized spacial score (nSPS) is 10.1. The van der Waals surface area contributed by atoms with Crippen LogP contribution in [0.1, 0.15) is 33.1 Å². The molecule has 0 spiro atoms. The molecule has 1 heteroatoms. The van der Waals surface area contributed by atoms with Gasteiger partial charge in [0.15, 0.2) is 0 Å². The van der Waals surface area contributed by atoms with Crippen LogP contribution in [0.3, 0.4) is 0 Å². The van der Waals surface area contributed by atoms with E-state index in [0.717, 1.165) is 6.42 Å². The number of ether oxygens (including phenoxy) is 1. The molecule has 0 atom stereocenters. The predicted octanol–water partition coefficient (Wildman–Crippen LogP) is 3.28. The maximum atomic E-state index is 4.77. The van der Waals surface area contributed by atoms with E-state index < -0.39 is 0 Å². The van der Waals surface area contributed by atoms with Gasteiger partial charge in [-0.2, -0.15) is 0 Å². The lowest BCUT2D eigenvalue weighted by atomic mass is 10.2. The van der Waals surface area contributed by atoms with E-state index in [-0.39, 0.29) is 0 Å². The third-order valence-electron chi connectivity index (χ3n) is 1.36. The molecule has 0 aromatic rings. The van der Waals surface area contributed by atoms with Crippen molar-refractivity contribution in [3.8, 4) is 0 Å². The van der Waals surface area contributed by atoms with Crippen molar-refractivity contribution in [1.82, 2.24) is 0 Å². The fourth-order valence-electron chi connectivity index (χ4n) is 0.791. The van der Waals surface area contributed by atoms with E-state index in [1.807, 2.05) is 0 Å². The zero-order valence-corrected chi connectivity index (χ0v) is 7.76. The number of methoxy groups -OCH3 is 1. The fraction of sp³-hybridized carbons (Fsp3) is 0.600. The van der Waals surface area contributed by atoms with E-state index >= 15 is 0 Å². The highest BCUT2D eigenvalue weighted by molar-refractivity contribution is 4.92. The molecule has 0 aliphatic carbocycles. The Balaban J connectivity index is 3.15. The molecular formula is C10H18O. The quantitative estimate of drug-likeness (QED) is 0.335. The average Bonchev–Trinajstić information content (AvgIpc) is 1.96. The van der Waals surface area contributed by atoms with Crippen LogP contribution in [0, 0.1) is 0 Å². The van der Waals surface area contributed by atoms with Gasteiger partial charge < -0.3 is 4.74 Å². The number of unbranched alkanes of at least 4 members (excludes halogenated alkanes) is 2. The second-order valence-corrected chi connectivity index (χ2v) is 2.82. The van der Waals surface area contributed by atoms with Crippen LogP contribution < -0.4 is 0 Å². The summed E-state index contributed by atoms with van der Waals surface area (Å²) in [5.74, 6) is 0. The van der Waals surface area contributed by atoms with Gasteiger partial charge in [-0.25, -0.2) is 0 Å². The first-order valence-electron chi connectivity index (χ1n) is 4.08. The van der Waals surface area contributed by atoms with Crippen molar-refractivity contribution in [1.29, 1.82) is 0 Å². The van der Waals surface area contributed by atoms with Gasteiger partial charge >= 0.3 is 0 Å². The number of hydrogen-bond donors (Lipinski definition) is 0. The Morgan fingerprint density at radius 2 is 2.00 bits per heavy atom. The Bertz CT molecular complexity index is 130. The Hall–Kier alpha value is -0.720. The van der Waals surface area contributed by atoms with E-state index in [1.54, 1.807) is 13.4 Å². The Morgan fingerprint density at radius 3 is 2.55 bits per heavy atom. The maximum Gasteiger partial charge on any atom is 0.0784 e. The number of rotatable bonds is 5. The molecule has 11 heavy (non-hydrogen) atoms. The highest BCUT2D eigenvalue weighted by atomic mass is 16.5. The molecule has 0 aliphatic heterocycles. The monoisotopic (exact) mass is 154 g/mol. The molecular weight excluding hydrogens is 136 g/mol. The van der Waals surface area contributed by atoms with Gasteiger partial charge in [-0.3, -0.25) is 0 Å². The first kappa shape index (κ1) is 10.3. The molecule has 0 heterocycles. The summed E-state index contributed by atoms with van der Waals surface area (Å²) in [6.45, 7) is 4.26. The van der Waals surface area contributed by atoms with Gasteiger partial charge in [-0.1, -0.05) is 11.6 Å². The van der Waals surface area contributed by atoms with Crippen LogP contribution in [0.2, 0.25) is 0 Å². The van der Waals surface area contributed by atoms with Crippen LogP contribution in [-0.2, 0) is 4.74 Å². The lowest BCUT2D eigenvalue weighted by Crippen LogP contribution is -1.72. The molecule has 0 aromatic heterocycles. The summed E-state index contributed by atoms with van der Waals surface area (Å²) in [4.78, 5) is 0. The van der Waals surface area contributed by atoms with Gasteiger partial charge in [0.2, 0.25) is 0 Å². The van der Waals surface area contributed by atoms with E-state index in [2.05, 4.69) is 26.0 Å². The molecule has 0 unspecified atom stereocenters. The molecule has 0 aromatic carbocycles. The third kappa shape index (κ3) is 9.28. The molecule has 0 aliphatic rings. The summed E-state index contributed by atoms with van der Waals surface area (Å²) in [5.41, 5.74) is 1.40. The first-order chi connectivity index (χ1) is 5.27. The molecule has 1 nitrogen and oxygen atoms in total. The third-order valence-corrected chi connectivity index (χ3v) is 1.36. The highest BCUT2D eigenvalue weighted by Gasteiger charge is 1.81. The number of allylic oxidation sites excluding steroid dienone is 3. The minimum Gasteiger partial charge on any atom is -0.505 e. The molecule has 0 radical (unpaired) electrons. The van der Waals surface area contributed by atoms with Gasteiger partial charge in [0.25, 0.3) is 0 Å². The molecule has 0 fully saturated rings. The summed E-state index contributed by atoms with van der Waals surface area (Å²) < 4.78 is 4.77. The molecule has 0 bridgehead atoms. The van der Waals surface area contributed by atoms with Crippen molar-refractivity contribution in [2.75, 3.05) is 7.11 Å². The van der Waals surface area contributed by atoms with Crippen molar-refractivity contribution in [2.45, 2.75) is 33.1 Å². The van der Waals surface area contributed by atoms with Gasteiger partial charge in [-0.15, -0.1) is 0 Å². The second kappa shape index (κ2) is 7.39. The van der Waals surface area contributed by atoms with Crippen LogP contribution in [0.15, 0.2) is 24.0 Å². The zero-order valence-electron chi connectivity index (χ0n) is 7.76. The fourth-order valence-corrected chi connectivity index (χ4v) is 0.791. The first-order valence-corrected chi connectivity index (χ1v) is 4.08. The van der Waals surface area contributed by atoms with Gasteiger partial charge in [0.05, 0.1) is 13.4 Å². The van der Waals surface area contributed by atoms with Crippen LogP contribution in [0.5, 0.6) is 0 Å². The lowest BCUT2D eigenvalue weighted by molar-refractivity contribution is 0.336. The molecule has 0 saturated heterocycles. The summed E-state index contributed by atoms with van der Waals surface area (Å²) in [6.07, 6.45) is 9.56. The number of hydrogen-bond acceptors (Lipinski definition) is 1. The summed E-state index contributed by atoms with van der Waals surface area (Å²) in [6, 6.07) is 0. The van der Waals surface area contributed by atoms with Crippen molar-refractivity contribution >= 4 is 0 Å². The van der Waals surface area contributed by atoms with Crippen LogP contribution in [-0.4, -0.2) is 7.11 Å². The summed E-state index contributed by atoms with van der Waals surface area (Å²) in [5, 5.41) is 0. The largest absolute Gasteiger partial charge is 0.505 e. The van der Waals surface area contributed by atoms with Crippen LogP contribution >= 0.6 is 0 Å². The minimum absolute atomic E-state index is 1.11. The summed E-state index contributed by atoms with van der Waals surface area (Å²) in [7, 11) is 1.67. The van der Waals surface area contributed by atoms with E-state index in [9.17, 15) is 0 Å². The van der Waals surface area contributed by atoms with Crippen molar-refractivity contribution in [3.05, 3.63) is 24.0 Å². The van der Waals surface area contributed by atoms with Gasteiger partial charge in [0, 0.05) is 0 Å². The van der Waals surface area contributed by atoms with E-state index in [0.29, 0.717) is 0 Å². The highest BCUT2D eigenvalue weighted by Crippen LogP contribution is 2.00. The van der Waals surface area contributed by atoms with Gasteiger partial charge in [0.1, 0.15) is 0 Å². The Labute approximate surface area is 69.8 Å². The van der Waals surface area contributed by atoms with Crippen molar-refractivity contribution < 1.29 is 4.74 Å². The molecule has 0 N–H and O–H groups in total. The SMILES string of the molecule is CO/C=C/CCCC=C(C)C. The van der Waals surface area contributed by atoms with Crippen molar-refractivity contribution in [2.24, 2.45) is 0 Å². The van der Waals surface area contributed by atoms with Crippen LogP contribution in [0.4, 0.5) is 0 Å². The smallest absolute Gasteiger partial charge is 0.0784 e. The predicted molar refractivity (Wildman–Crippen MR) is 49.4 cm³/mol. The molecule has 64 valence electrons. The second-order valence-electron chi connectivity index (χ2n) is 2.82. The standard InChI is InChI=1S/C10H18O/c1-10(2)8-6-4-5-7-9-11-3/h7-9H,4-6H2,1-3H3/b9-7+. The Kier molecular flexibility index (Phi) is 6.90. The minimum atomic E-state index is 1.11. The van der Waals surface area contributed by atoms with E-state index in [1.165, 1.54) is 18.4 Å². The average molecular weight is 154 g/mol. The van der Waals surface area contributed by atoms with Crippen LogP contribution in [0.25, 0.3) is 0 Å². The molecule has 0 amide bonds. The van der Waals surface area contributed by atoms with Crippen molar-refractivity contribution in [3.63, 3.8) is 0 Å². The topological polar surface area (TPSA) is 9.23 Å². The maximum absolute atomic E-state index is 4.77. The lowest BCUT2D eigenvalue weighted by Gasteiger charge is -1.91. The van der Waals surface area contributed by atoms with E-state index in [4.69, 9.17) is 4.74 Å². The molecule has 0 rings (SSSR count). The Morgan fingerprint density at radius 1 is 1.27 bits per heavy atom. The van der Waals surface area contributed by atoms with Gasteiger partial charge in [-0.05, 0) is 39.2 Å². The molecule has 0 saturated carbocycles.